The largest absolute Gasteiger partial charge is 0.377 e. The summed E-state index contributed by atoms with van der Waals surface area (Å²) in [4.78, 5) is 0.247. The van der Waals surface area contributed by atoms with Crippen LogP contribution in [0.4, 0.5) is 5.69 Å². The normalized spacial score (nSPS) is 12.4. The zero-order valence-corrected chi connectivity index (χ0v) is 12.5. The Morgan fingerprint density at radius 1 is 1.21 bits per heavy atom. The van der Waals surface area contributed by atoms with Gasteiger partial charge in [0.25, 0.3) is 0 Å². The number of hydrogen-bond donors (Lipinski definition) is 3. The van der Waals surface area contributed by atoms with Gasteiger partial charge in [-0.15, -0.1) is 0 Å². The van der Waals surface area contributed by atoms with Gasteiger partial charge in [-0.1, -0.05) is 26.0 Å². The molecule has 0 radical (unpaired) electrons. The molecule has 0 aliphatic heterocycles. The van der Waals surface area contributed by atoms with E-state index in [1.54, 1.807) is 18.2 Å². The molecule has 1 aromatic carbocycles. The van der Waals surface area contributed by atoms with Crippen LogP contribution in [0, 0.1) is 0 Å². The molecule has 0 aliphatic rings. The smallest absolute Gasteiger partial charge is 0.242 e. The van der Waals surface area contributed by atoms with Gasteiger partial charge in [0.2, 0.25) is 10.0 Å². The Kier molecular flexibility index (Phi) is 5.34. The van der Waals surface area contributed by atoms with Gasteiger partial charge < -0.3 is 11.1 Å². The Balaban J connectivity index is 3.22. The molecule has 0 fully saturated rings. The number of nitrogens with one attached hydrogen (secondary N) is 2. The Hall–Kier alpha value is -1.11. The monoisotopic (exact) mass is 285 g/mol. The summed E-state index contributed by atoms with van der Waals surface area (Å²) in [5.41, 5.74) is 6.15. The highest BCUT2D eigenvalue weighted by Crippen LogP contribution is 2.26. The Labute approximate surface area is 115 Å². The number of benzene rings is 1. The van der Waals surface area contributed by atoms with E-state index in [9.17, 15) is 8.42 Å². The van der Waals surface area contributed by atoms with Gasteiger partial charge in [0.05, 0.1) is 5.69 Å². The molecule has 4 N–H and O–H groups in total. The van der Waals surface area contributed by atoms with Crippen molar-refractivity contribution in [3.05, 3.63) is 24.3 Å². The van der Waals surface area contributed by atoms with Crippen molar-refractivity contribution in [2.45, 2.75) is 37.1 Å². The van der Waals surface area contributed by atoms with E-state index in [-0.39, 0.29) is 10.4 Å². The molecule has 0 bridgehead atoms. The molecule has 108 valence electrons. The van der Waals surface area contributed by atoms with Crippen LogP contribution < -0.4 is 15.8 Å². The molecule has 0 saturated heterocycles. The van der Waals surface area contributed by atoms with Gasteiger partial charge in [-0.05, 0) is 32.0 Å². The summed E-state index contributed by atoms with van der Waals surface area (Å²) in [5.74, 6) is 0. The average molecular weight is 285 g/mol. The molecule has 0 amide bonds. The van der Waals surface area contributed by atoms with Crippen LogP contribution in [-0.2, 0) is 10.0 Å². The summed E-state index contributed by atoms with van der Waals surface area (Å²) in [7, 11) is -2.07. The summed E-state index contributed by atoms with van der Waals surface area (Å²) in [6.07, 6.45) is 1.65. The van der Waals surface area contributed by atoms with Crippen LogP contribution in [0.5, 0.6) is 0 Å². The lowest BCUT2D eigenvalue weighted by molar-refractivity contribution is 0.444. The molecule has 6 heteroatoms. The van der Waals surface area contributed by atoms with E-state index in [1.165, 1.54) is 7.05 Å². The van der Waals surface area contributed by atoms with Crippen molar-refractivity contribution in [3.8, 4) is 0 Å². The zero-order valence-electron chi connectivity index (χ0n) is 11.7. The maximum atomic E-state index is 12.0. The highest BCUT2D eigenvalue weighted by molar-refractivity contribution is 7.89. The quantitative estimate of drug-likeness (QED) is 0.709. The lowest BCUT2D eigenvalue weighted by Crippen LogP contribution is -2.44. The van der Waals surface area contributed by atoms with Crippen LogP contribution in [0.1, 0.15) is 26.7 Å². The SMILES string of the molecule is CCC(CC)(CN)Nc1ccccc1S(=O)(=O)NC. The summed E-state index contributed by atoms with van der Waals surface area (Å²) in [6.45, 7) is 4.53. The Morgan fingerprint density at radius 2 is 1.79 bits per heavy atom. The van der Waals surface area contributed by atoms with E-state index in [2.05, 4.69) is 10.0 Å². The van der Waals surface area contributed by atoms with Crippen LogP contribution in [0.15, 0.2) is 29.2 Å². The molecule has 0 aromatic heterocycles. The Bertz CT molecular complexity index is 502. The summed E-state index contributed by atoms with van der Waals surface area (Å²) in [6, 6.07) is 6.86. The number of nitrogens with two attached hydrogens (primary N) is 1. The van der Waals surface area contributed by atoms with Gasteiger partial charge in [-0.3, -0.25) is 0 Å². The van der Waals surface area contributed by atoms with E-state index < -0.39 is 10.0 Å². The third-order valence-electron chi connectivity index (χ3n) is 3.59. The highest BCUT2D eigenvalue weighted by atomic mass is 32.2. The first-order valence-corrected chi connectivity index (χ1v) is 7.94. The van der Waals surface area contributed by atoms with Gasteiger partial charge in [0.1, 0.15) is 4.90 Å². The second kappa shape index (κ2) is 6.36. The van der Waals surface area contributed by atoms with Gasteiger partial charge in [0, 0.05) is 12.1 Å². The molecule has 1 rings (SSSR count). The topological polar surface area (TPSA) is 84.2 Å². The first kappa shape index (κ1) is 15.9. The fraction of sp³-hybridized carbons (Fsp3) is 0.538. The standard InChI is InChI=1S/C13H23N3O2S/c1-4-13(5-2,10-14)16-11-8-6-7-9-12(11)19(17,18)15-3/h6-9,15-16H,4-5,10,14H2,1-3H3. The molecule has 0 unspecified atom stereocenters. The van der Waals surface area contributed by atoms with Gasteiger partial charge in [-0.2, -0.15) is 0 Å². The molecule has 0 heterocycles. The summed E-state index contributed by atoms with van der Waals surface area (Å²) >= 11 is 0. The van der Waals surface area contributed by atoms with E-state index in [4.69, 9.17) is 5.73 Å². The predicted molar refractivity (Wildman–Crippen MR) is 78.7 cm³/mol. The second-order valence-corrected chi connectivity index (χ2v) is 6.38. The molecule has 0 spiro atoms. The number of anilines is 1. The minimum Gasteiger partial charge on any atom is -0.377 e. The fourth-order valence-electron chi connectivity index (χ4n) is 1.97. The predicted octanol–water partition coefficient (Wildman–Crippen LogP) is 1.52. The first-order chi connectivity index (χ1) is 8.94. The van der Waals surface area contributed by atoms with Crippen molar-refractivity contribution in [1.29, 1.82) is 0 Å². The second-order valence-electron chi connectivity index (χ2n) is 4.52. The molecule has 5 nitrogen and oxygen atoms in total. The van der Waals surface area contributed by atoms with E-state index in [1.807, 2.05) is 19.9 Å². The van der Waals surface area contributed by atoms with Crippen molar-refractivity contribution in [3.63, 3.8) is 0 Å². The number of para-hydroxylation sites is 1. The molecule has 0 atom stereocenters. The van der Waals surface area contributed by atoms with E-state index >= 15 is 0 Å². The van der Waals surface area contributed by atoms with Crippen molar-refractivity contribution in [2.75, 3.05) is 18.9 Å². The molecular formula is C13H23N3O2S. The maximum Gasteiger partial charge on any atom is 0.242 e. The first-order valence-electron chi connectivity index (χ1n) is 6.45. The molecule has 0 saturated carbocycles. The van der Waals surface area contributed by atoms with Crippen molar-refractivity contribution in [1.82, 2.24) is 4.72 Å². The van der Waals surface area contributed by atoms with Crippen molar-refractivity contribution < 1.29 is 8.42 Å². The van der Waals surface area contributed by atoms with Crippen LogP contribution in [-0.4, -0.2) is 27.5 Å². The molecule has 19 heavy (non-hydrogen) atoms. The lowest BCUT2D eigenvalue weighted by atomic mass is 9.92. The van der Waals surface area contributed by atoms with Crippen LogP contribution in [0.2, 0.25) is 0 Å². The third kappa shape index (κ3) is 3.46. The van der Waals surface area contributed by atoms with Crippen LogP contribution in [0.3, 0.4) is 0 Å². The summed E-state index contributed by atoms with van der Waals surface area (Å²) in [5, 5.41) is 3.31. The van der Waals surface area contributed by atoms with Crippen molar-refractivity contribution >= 4 is 15.7 Å². The fourth-order valence-corrected chi connectivity index (χ4v) is 2.85. The zero-order chi connectivity index (χ0) is 14.5. The average Bonchev–Trinajstić information content (AvgIpc) is 2.45. The maximum absolute atomic E-state index is 12.0. The van der Waals surface area contributed by atoms with Gasteiger partial charge in [0.15, 0.2) is 0 Å². The number of sulfonamides is 1. The Morgan fingerprint density at radius 3 is 2.26 bits per heavy atom. The van der Waals surface area contributed by atoms with Gasteiger partial charge in [-0.25, -0.2) is 13.1 Å². The number of hydrogen-bond acceptors (Lipinski definition) is 4. The van der Waals surface area contributed by atoms with Crippen molar-refractivity contribution in [2.24, 2.45) is 5.73 Å². The van der Waals surface area contributed by atoms with E-state index in [0.717, 1.165) is 12.8 Å². The molecule has 0 aliphatic carbocycles. The summed E-state index contributed by atoms with van der Waals surface area (Å²) < 4.78 is 26.3. The minimum atomic E-state index is -3.48. The minimum absolute atomic E-state index is 0.247. The molecule has 1 aromatic rings. The number of rotatable bonds is 7. The third-order valence-corrected chi connectivity index (χ3v) is 5.06. The van der Waals surface area contributed by atoms with Gasteiger partial charge >= 0.3 is 0 Å². The molecular weight excluding hydrogens is 262 g/mol. The van der Waals surface area contributed by atoms with E-state index in [0.29, 0.717) is 12.2 Å². The highest BCUT2D eigenvalue weighted by Gasteiger charge is 2.26. The van der Waals surface area contributed by atoms with Crippen LogP contribution >= 0.6 is 0 Å². The lowest BCUT2D eigenvalue weighted by Gasteiger charge is -2.33. The van der Waals surface area contributed by atoms with Crippen LogP contribution in [0.25, 0.3) is 0 Å².